The lowest BCUT2D eigenvalue weighted by Crippen LogP contribution is -2.30. The first-order valence-electron chi connectivity index (χ1n) is 5.27. The standard InChI is InChI=1S/C12H14BrN3O/c1-9-3-4-10(13)7-11(9)16-8-12(17)15-6-2-5-14/h3-4,7,16H,2,6,8H2,1H3,(H,15,17). The van der Waals surface area contributed by atoms with E-state index >= 15 is 0 Å². The molecule has 0 saturated heterocycles. The Balaban J connectivity index is 2.42. The van der Waals surface area contributed by atoms with Crippen molar-refractivity contribution >= 4 is 27.5 Å². The van der Waals surface area contributed by atoms with Crippen molar-refractivity contribution in [2.45, 2.75) is 13.3 Å². The second-order valence-corrected chi connectivity index (χ2v) is 4.49. The third kappa shape index (κ3) is 4.87. The number of nitrogens with one attached hydrogen (secondary N) is 2. The van der Waals surface area contributed by atoms with Crippen molar-refractivity contribution in [1.29, 1.82) is 5.26 Å². The number of anilines is 1. The molecule has 0 bridgehead atoms. The van der Waals surface area contributed by atoms with Crippen LogP contribution >= 0.6 is 15.9 Å². The predicted molar refractivity (Wildman–Crippen MR) is 70.6 cm³/mol. The number of amides is 1. The molecule has 0 spiro atoms. The Morgan fingerprint density at radius 3 is 3.00 bits per heavy atom. The fourth-order valence-corrected chi connectivity index (χ4v) is 1.64. The van der Waals surface area contributed by atoms with Crippen LogP contribution in [-0.2, 0) is 4.79 Å². The van der Waals surface area contributed by atoms with Gasteiger partial charge in [-0.15, -0.1) is 0 Å². The summed E-state index contributed by atoms with van der Waals surface area (Å²) in [5, 5.41) is 14.0. The van der Waals surface area contributed by atoms with Crippen molar-refractivity contribution in [3.63, 3.8) is 0 Å². The Morgan fingerprint density at radius 1 is 1.53 bits per heavy atom. The fraction of sp³-hybridized carbons (Fsp3) is 0.333. The van der Waals surface area contributed by atoms with Crippen molar-refractivity contribution < 1.29 is 4.79 Å². The van der Waals surface area contributed by atoms with E-state index < -0.39 is 0 Å². The highest BCUT2D eigenvalue weighted by Crippen LogP contribution is 2.20. The largest absolute Gasteiger partial charge is 0.376 e. The summed E-state index contributed by atoms with van der Waals surface area (Å²) in [6.07, 6.45) is 0.335. The van der Waals surface area contributed by atoms with Crippen LogP contribution in [0.5, 0.6) is 0 Å². The van der Waals surface area contributed by atoms with Gasteiger partial charge < -0.3 is 10.6 Å². The minimum absolute atomic E-state index is 0.111. The van der Waals surface area contributed by atoms with Crippen LogP contribution in [-0.4, -0.2) is 19.0 Å². The molecule has 0 aliphatic heterocycles. The molecular weight excluding hydrogens is 282 g/mol. The van der Waals surface area contributed by atoms with E-state index in [0.717, 1.165) is 15.7 Å². The van der Waals surface area contributed by atoms with Crippen LogP contribution in [0.3, 0.4) is 0 Å². The Hall–Kier alpha value is -1.54. The van der Waals surface area contributed by atoms with E-state index in [1.54, 1.807) is 0 Å². The first kappa shape index (κ1) is 13.5. The maximum absolute atomic E-state index is 11.4. The lowest BCUT2D eigenvalue weighted by atomic mass is 10.2. The monoisotopic (exact) mass is 295 g/mol. The average molecular weight is 296 g/mol. The molecule has 4 nitrogen and oxygen atoms in total. The second kappa shape index (κ2) is 6.92. The van der Waals surface area contributed by atoms with Crippen LogP contribution in [0.1, 0.15) is 12.0 Å². The molecule has 1 rings (SSSR count). The maximum Gasteiger partial charge on any atom is 0.239 e. The molecule has 0 heterocycles. The van der Waals surface area contributed by atoms with E-state index in [4.69, 9.17) is 5.26 Å². The van der Waals surface area contributed by atoms with Crippen molar-refractivity contribution in [1.82, 2.24) is 5.32 Å². The number of carbonyl (C=O) groups excluding carboxylic acids is 1. The van der Waals surface area contributed by atoms with Gasteiger partial charge in [0, 0.05) is 16.7 Å². The third-order valence-electron chi connectivity index (χ3n) is 2.20. The minimum Gasteiger partial charge on any atom is -0.376 e. The molecule has 0 saturated carbocycles. The molecule has 2 N–H and O–H groups in total. The van der Waals surface area contributed by atoms with Gasteiger partial charge in [-0.25, -0.2) is 0 Å². The molecule has 0 aromatic heterocycles. The van der Waals surface area contributed by atoms with Gasteiger partial charge in [-0.3, -0.25) is 4.79 Å². The smallest absolute Gasteiger partial charge is 0.239 e. The van der Waals surface area contributed by atoms with Gasteiger partial charge in [0.15, 0.2) is 0 Å². The van der Waals surface area contributed by atoms with Gasteiger partial charge in [0.05, 0.1) is 19.0 Å². The average Bonchev–Trinajstić information content (AvgIpc) is 2.31. The van der Waals surface area contributed by atoms with Crippen LogP contribution in [0.2, 0.25) is 0 Å². The first-order chi connectivity index (χ1) is 8.13. The van der Waals surface area contributed by atoms with Crippen LogP contribution in [0.15, 0.2) is 22.7 Å². The van der Waals surface area contributed by atoms with Gasteiger partial charge in [0.1, 0.15) is 0 Å². The molecule has 1 aromatic rings. The summed E-state index contributed by atoms with van der Waals surface area (Å²) < 4.78 is 0.968. The van der Waals surface area contributed by atoms with Crippen molar-refractivity contribution in [3.8, 4) is 6.07 Å². The summed E-state index contributed by atoms with van der Waals surface area (Å²) in [7, 11) is 0. The summed E-state index contributed by atoms with van der Waals surface area (Å²) in [5.74, 6) is -0.111. The molecule has 1 amide bonds. The number of benzene rings is 1. The Morgan fingerprint density at radius 2 is 2.29 bits per heavy atom. The summed E-state index contributed by atoms with van der Waals surface area (Å²) in [5.41, 5.74) is 2.01. The van der Waals surface area contributed by atoms with Gasteiger partial charge in [-0.1, -0.05) is 22.0 Å². The molecule has 0 radical (unpaired) electrons. The molecular formula is C12H14BrN3O. The van der Waals surface area contributed by atoms with Crippen molar-refractivity contribution in [2.24, 2.45) is 0 Å². The highest BCUT2D eigenvalue weighted by atomic mass is 79.9. The van der Waals surface area contributed by atoms with Gasteiger partial charge >= 0.3 is 0 Å². The lowest BCUT2D eigenvalue weighted by molar-refractivity contribution is -0.119. The molecule has 0 atom stereocenters. The van der Waals surface area contributed by atoms with Gasteiger partial charge in [-0.2, -0.15) is 5.26 Å². The number of rotatable bonds is 5. The van der Waals surface area contributed by atoms with Crippen LogP contribution < -0.4 is 10.6 Å². The third-order valence-corrected chi connectivity index (χ3v) is 2.69. The highest BCUT2D eigenvalue weighted by molar-refractivity contribution is 9.10. The van der Waals surface area contributed by atoms with Crippen LogP contribution in [0, 0.1) is 18.3 Å². The van der Waals surface area contributed by atoms with E-state index in [9.17, 15) is 4.79 Å². The molecule has 0 unspecified atom stereocenters. The molecule has 90 valence electrons. The molecule has 0 fully saturated rings. The number of hydrogen-bond donors (Lipinski definition) is 2. The van der Waals surface area contributed by atoms with Crippen LogP contribution in [0.4, 0.5) is 5.69 Å². The summed E-state index contributed by atoms with van der Waals surface area (Å²) in [4.78, 5) is 11.4. The fourth-order valence-electron chi connectivity index (χ4n) is 1.28. The van der Waals surface area contributed by atoms with E-state index in [1.807, 2.05) is 31.2 Å². The van der Waals surface area contributed by atoms with Gasteiger partial charge in [0.25, 0.3) is 0 Å². The Kier molecular flexibility index (Phi) is 5.50. The number of halogens is 1. The minimum atomic E-state index is -0.111. The van der Waals surface area contributed by atoms with Gasteiger partial charge in [0.2, 0.25) is 5.91 Å². The number of carbonyl (C=O) groups is 1. The Bertz CT molecular complexity index is 440. The Labute approximate surface area is 109 Å². The van der Waals surface area contributed by atoms with Crippen molar-refractivity contribution in [3.05, 3.63) is 28.2 Å². The quantitative estimate of drug-likeness (QED) is 0.819. The summed E-state index contributed by atoms with van der Waals surface area (Å²) in [6, 6.07) is 7.82. The SMILES string of the molecule is Cc1ccc(Br)cc1NCC(=O)NCCC#N. The number of hydrogen-bond acceptors (Lipinski definition) is 3. The molecule has 0 aliphatic rings. The zero-order valence-corrected chi connectivity index (χ0v) is 11.2. The lowest BCUT2D eigenvalue weighted by Gasteiger charge is -2.09. The second-order valence-electron chi connectivity index (χ2n) is 3.57. The topological polar surface area (TPSA) is 64.9 Å². The number of aryl methyl sites for hydroxylation is 1. The first-order valence-corrected chi connectivity index (χ1v) is 6.06. The maximum atomic E-state index is 11.4. The molecule has 17 heavy (non-hydrogen) atoms. The number of nitrogens with zero attached hydrogens (tertiary/aromatic N) is 1. The summed E-state index contributed by atoms with van der Waals surface area (Å²) >= 11 is 3.38. The predicted octanol–water partition coefficient (Wildman–Crippen LogP) is 2.20. The van der Waals surface area contributed by atoms with E-state index in [1.165, 1.54) is 0 Å². The van der Waals surface area contributed by atoms with Crippen LogP contribution in [0.25, 0.3) is 0 Å². The van der Waals surface area contributed by atoms with E-state index in [-0.39, 0.29) is 12.5 Å². The zero-order chi connectivity index (χ0) is 12.7. The van der Waals surface area contributed by atoms with E-state index in [2.05, 4.69) is 26.6 Å². The highest BCUT2D eigenvalue weighted by Gasteiger charge is 2.02. The normalized spacial score (nSPS) is 9.47. The number of nitriles is 1. The molecule has 5 heteroatoms. The van der Waals surface area contributed by atoms with E-state index in [0.29, 0.717) is 13.0 Å². The van der Waals surface area contributed by atoms with Crippen molar-refractivity contribution in [2.75, 3.05) is 18.4 Å². The molecule has 0 aliphatic carbocycles. The summed E-state index contributed by atoms with van der Waals surface area (Å²) in [6.45, 7) is 2.58. The molecule has 1 aromatic carbocycles. The zero-order valence-electron chi connectivity index (χ0n) is 9.59. The van der Waals surface area contributed by atoms with Gasteiger partial charge in [-0.05, 0) is 24.6 Å².